The van der Waals surface area contributed by atoms with Crippen LogP contribution < -0.4 is 5.32 Å². The molecule has 112 valence electrons. The Hall–Kier alpha value is -0.0800. The van der Waals surface area contributed by atoms with Crippen LogP contribution >= 0.6 is 0 Å². The van der Waals surface area contributed by atoms with Gasteiger partial charge in [0.25, 0.3) is 0 Å². The van der Waals surface area contributed by atoms with Gasteiger partial charge in [-0.05, 0) is 65.5 Å². The van der Waals surface area contributed by atoms with Crippen LogP contribution in [0.25, 0.3) is 0 Å². The van der Waals surface area contributed by atoms with Gasteiger partial charge < -0.3 is 10.2 Å². The predicted octanol–water partition coefficient (Wildman–Crippen LogP) is 3.81. The molecule has 2 heteroatoms. The summed E-state index contributed by atoms with van der Waals surface area (Å²) in [6.45, 7) is 9.65. The maximum absolute atomic E-state index is 3.95. The summed E-state index contributed by atoms with van der Waals surface area (Å²) in [5, 5.41) is 3.95. The largest absolute Gasteiger partial charge is 0.311 e. The Bertz CT molecular complexity index is 236. The number of piperidine rings is 1. The van der Waals surface area contributed by atoms with Gasteiger partial charge in [0.1, 0.15) is 0 Å². The van der Waals surface area contributed by atoms with E-state index in [1.165, 1.54) is 64.5 Å². The average Bonchev–Trinajstić information content (AvgIpc) is 2.68. The molecule has 2 nitrogen and oxygen atoms in total. The lowest BCUT2D eigenvalue weighted by Gasteiger charge is -2.37. The number of nitrogens with zero attached hydrogens (tertiary/aromatic N) is 1. The van der Waals surface area contributed by atoms with E-state index in [2.05, 4.69) is 31.0 Å². The Morgan fingerprint density at radius 2 is 1.42 bits per heavy atom. The summed E-state index contributed by atoms with van der Waals surface area (Å²) in [5.41, 5.74) is 0. The highest BCUT2D eigenvalue weighted by Crippen LogP contribution is 2.26. The zero-order valence-corrected chi connectivity index (χ0v) is 13.3. The lowest BCUT2D eigenvalue weighted by molar-refractivity contribution is 0.150. The molecular formula is C17H34N2. The van der Waals surface area contributed by atoms with E-state index in [-0.39, 0.29) is 0 Å². The maximum atomic E-state index is 3.95. The quantitative estimate of drug-likeness (QED) is 0.779. The molecule has 1 saturated carbocycles. The summed E-state index contributed by atoms with van der Waals surface area (Å²) in [4.78, 5) is 2.62. The summed E-state index contributed by atoms with van der Waals surface area (Å²) in [7, 11) is 0. The Labute approximate surface area is 120 Å². The molecule has 2 aliphatic rings. The molecule has 1 N–H and O–H groups in total. The minimum atomic E-state index is 0.722. The van der Waals surface area contributed by atoms with Crippen LogP contribution in [0.5, 0.6) is 0 Å². The molecule has 19 heavy (non-hydrogen) atoms. The fourth-order valence-electron chi connectivity index (χ4n) is 3.90. The smallest absolute Gasteiger partial charge is 0.00940 e. The van der Waals surface area contributed by atoms with Crippen molar-refractivity contribution in [2.45, 2.75) is 90.3 Å². The Balaban J connectivity index is 1.72. The number of rotatable bonds is 4. The van der Waals surface area contributed by atoms with Crippen molar-refractivity contribution in [2.24, 2.45) is 5.92 Å². The topological polar surface area (TPSA) is 15.3 Å². The van der Waals surface area contributed by atoms with E-state index < -0.39 is 0 Å². The highest BCUT2D eigenvalue weighted by molar-refractivity contribution is 4.83. The normalized spacial score (nSPS) is 26.5. The minimum Gasteiger partial charge on any atom is -0.311 e. The highest BCUT2D eigenvalue weighted by atomic mass is 15.2. The second-order valence-corrected chi connectivity index (χ2v) is 7.11. The molecule has 0 aromatic heterocycles. The van der Waals surface area contributed by atoms with E-state index in [0.717, 1.165) is 24.0 Å². The van der Waals surface area contributed by atoms with Crippen LogP contribution in [0, 0.1) is 5.92 Å². The average molecular weight is 266 g/mol. The standard InChI is InChI=1S/C17H34N2/c1-14(2)19-12-10-17(11-13-19)18-15(3)16-8-6-4-5-7-9-16/h14-18H,4-13H2,1-3H3/t15-/m0/s1. The van der Waals surface area contributed by atoms with Gasteiger partial charge >= 0.3 is 0 Å². The lowest BCUT2D eigenvalue weighted by Crippen LogP contribution is -2.48. The molecule has 1 heterocycles. The fourth-order valence-corrected chi connectivity index (χ4v) is 3.90. The highest BCUT2D eigenvalue weighted by Gasteiger charge is 2.25. The Morgan fingerprint density at radius 1 is 0.842 bits per heavy atom. The summed E-state index contributed by atoms with van der Waals surface area (Å²) in [5.74, 6) is 0.936. The molecule has 2 rings (SSSR count). The van der Waals surface area contributed by atoms with Crippen molar-refractivity contribution in [3.05, 3.63) is 0 Å². The summed E-state index contributed by atoms with van der Waals surface area (Å²) in [6.07, 6.45) is 11.5. The molecule has 1 aliphatic heterocycles. The first-order valence-corrected chi connectivity index (χ1v) is 8.67. The zero-order chi connectivity index (χ0) is 13.7. The number of hydrogen-bond acceptors (Lipinski definition) is 2. The summed E-state index contributed by atoms with van der Waals surface area (Å²) in [6, 6.07) is 2.22. The number of nitrogens with one attached hydrogen (secondary N) is 1. The third kappa shape index (κ3) is 4.75. The molecule has 0 unspecified atom stereocenters. The van der Waals surface area contributed by atoms with E-state index in [1.54, 1.807) is 0 Å². The molecule has 0 aromatic carbocycles. The van der Waals surface area contributed by atoms with Gasteiger partial charge in [0.05, 0.1) is 0 Å². The van der Waals surface area contributed by atoms with Crippen LogP contribution in [0.1, 0.15) is 72.1 Å². The molecule has 2 fully saturated rings. The third-order valence-corrected chi connectivity index (χ3v) is 5.37. The molecule has 0 spiro atoms. The van der Waals surface area contributed by atoms with Crippen LogP contribution in [0.15, 0.2) is 0 Å². The molecule has 1 atom stereocenters. The van der Waals surface area contributed by atoms with Crippen LogP contribution in [0.3, 0.4) is 0 Å². The van der Waals surface area contributed by atoms with Crippen LogP contribution in [-0.2, 0) is 0 Å². The number of hydrogen-bond donors (Lipinski definition) is 1. The molecule has 0 bridgehead atoms. The van der Waals surface area contributed by atoms with Crippen molar-refractivity contribution < 1.29 is 0 Å². The van der Waals surface area contributed by atoms with Crippen LogP contribution in [-0.4, -0.2) is 36.1 Å². The third-order valence-electron chi connectivity index (χ3n) is 5.37. The van der Waals surface area contributed by atoms with E-state index in [1.807, 2.05) is 0 Å². The maximum Gasteiger partial charge on any atom is 0.00940 e. The van der Waals surface area contributed by atoms with Crippen molar-refractivity contribution in [1.82, 2.24) is 10.2 Å². The van der Waals surface area contributed by atoms with E-state index in [0.29, 0.717) is 0 Å². The summed E-state index contributed by atoms with van der Waals surface area (Å²) >= 11 is 0. The van der Waals surface area contributed by atoms with Gasteiger partial charge in [-0.2, -0.15) is 0 Å². The Kier molecular flexibility index (Phi) is 6.15. The summed E-state index contributed by atoms with van der Waals surface area (Å²) < 4.78 is 0. The van der Waals surface area contributed by atoms with Gasteiger partial charge in [-0.25, -0.2) is 0 Å². The van der Waals surface area contributed by atoms with Crippen LogP contribution in [0.4, 0.5) is 0 Å². The second kappa shape index (κ2) is 7.64. The van der Waals surface area contributed by atoms with Gasteiger partial charge in [0.15, 0.2) is 0 Å². The van der Waals surface area contributed by atoms with E-state index >= 15 is 0 Å². The molecule has 1 aliphatic carbocycles. The fraction of sp³-hybridized carbons (Fsp3) is 1.00. The first-order valence-electron chi connectivity index (χ1n) is 8.67. The first-order chi connectivity index (χ1) is 9.16. The van der Waals surface area contributed by atoms with Crippen molar-refractivity contribution in [3.8, 4) is 0 Å². The SMILES string of the molecule is CC(C)N1CCC(N[C@@H](C)C2CCCCCC2)CC1. The molecular weight excluding hydrogens is 232 g/mol. The molecule has 1 saturated heterocycles. The van der Waals surface area contributed by atoms with Gasteiger partial charge in [-0.15, -0.1) is 0 Å². The minimum absolute atomic E-state index is 0.722. The molecule has 0 radical (unpaired) electrons. The molecule has 0 aromatic rings. The second-order valence-electron chi connectivity index (χ2n) is 7.11. The number of likely N-dealkylation sites (tertiary alicyclic amines) is 1. The monoisotopic (exact) mass is 266 g/mol. The van der Waals surface area contributed by atoms with Gasteiger partial charge in [0, 0.05) is 18.1 Å². The van der Waals surface area contributed by atoms with Crippen molar-refractivity contribution in [3.63, 3.8) is 0 Å². The van der Waals surface area contributed by atoms with Gasteiger partial charge in [-0.3, -0.25) is 0 Å². The van der Waals surface area contributed by atoms with Gasteiger partial charge in [-0.1, -0.05) is 25.7 Å². The van der Waals surface area contributed by atoms with Crippen molar-refractivity contribution >= 4 is 0 Å². The van der Waals surface area contributed by atoms with Crippen molar-refractivity contribution in [1.29, 1.82) is 0 Å². The predicted molar refractivity (Wildman–Crippen MR) is 83.5 cm³/mol. The zero-order valence-electron chi connectivity index (χ0n) is 13.3. The van der Waals surface area contributed by atoms with E-state index in [4.69, 9.17) is 0 Å². The van der Waals surface area contributed by atoms with Crippen LogP contribution in [0.2, 0.25) is 0 Å². The Morgan fingerprint density at radius 3 is 1.95 bits per heavy atom. The lowest BCUT2D eigenvalue weighted by atomic mass is 9.91. The van der Waals surface area contributed by atoms with Gasteiger partial charge in [0.2, 0.25) is 0 Å². The molecule has 0 amide bonds. The first kappa shape index (κ1) is 15.3. The van der Waals surface area contributed by atoms with E-state index in [9.17, 15) is 0 Å². The van der Waals surface area contributed by atoms with Crippen molar-refractivity contribution in [2.75, 3.05) is 13.1 Å².